The fourth-order valence-electron chi connectivity index (χ4n) is 2.76. The van der Waals surface area contributed by atoms with Crippen LogP contribution < -0.4 is 5.32 Å². The molecule has 1 aliphatic heterocycles. The van der Waals surface area contributed by atoms with Gasteiger partial charge in [0.05, 0.1) is 10.9 Å². The van der Waals surface area contributed by atoms with Crippen LogP contribution >= 0.6 is 34.7 Å². The number of halogens is 1. The molecule has 0 bridgehead atoms. The van der Waals surface area contributed by atoms with Crippen molar-refractivity contribution in [3.05, 3.63) is 21.3 Å². The summed E-state index contributed by atoms with van der Waals surface area (Å²) >= 11 is 9.44. The molecule has 104 valence electrons. The molecular formula is C14H19ClN2S2. The summed E-state index contributed by atoms with van der Waals surface area (Å²) in [7, 11) is 0. The Labute approximate surface area is 128 Å². The maximum Gasteiger partial charge on any atom is 0.157 e. The summed E-state index contributed by atoms with van der Waals surface area (Å²) in [4.78, 5) is 5.93. The van der Waals surface area contributed by atoms with Crippen LogP contribution in [-0.4, -0.2) is 16.5 Å². The molecule has 1 N–H and O–H groups in total. The minimum atomic E-state index is 0.336. The number of nitrogens with one attached hydrogen (secondary N) is 1. The molecule has 1 aromatic rings. The highest BCUT2D eigenvalue weighted by Gasteiger charge is 2.39. The van der Waals surface area contributed by atoms with Gasteiger partial charge in [-0.1, -0.05) is 30.3 Å². The van der Waals surface area contributed by atoms with Crippen molar-refractivity contribution in [3.63, 3.8) is 0 Å². The first-order valence-electron chi connectivity index (χ1n) is 6.85. The molecule has 1 aliphatic carbocycles. The normalized spacial score (nSPS) is 32.9. The third-order valence-corrected chi connectivity index (χ3v) is 6.51. The third-order valence-electron chi connectivity index (χ3n) is 4.10. The summed E-state index contributed by atoms with van der Waals surface area (Å²) in [6.45, 7) is 3.11. The van der Waals surface area contributed by atoms with Gasteiger partial charge in [-0.25, -0.2) is 0 Å². The van der Waals surface area contributed by atoms with Crippen molar-refractivity contribution < 1.29 is 0 Å². The number of aliphatic imine (C=N–C) groups is 1. The van der Waals surface area contributed by atoms with Gasteiger partial charge in [-0.3, -0.25) is 4.99 Å². The van der Waals surface area contributed by atoms with Crippen LogP contribution in [0, 0.1) is 5.92 Å². The topological polar surface area (TPSA) is 24.4 Å². The Balaban J connectivity index is 1.59. The summed E-state index contributed by atoms with van der Waals surface area (Å²) in [5.74, 6) is 2.08. The summed E-state index contributed by atoms with van der Waals surface area (Å²) < 4.78 is 0.847. The number of amidine groups is 1. The van der Waals surface area contributed by atoms with Crippen LogP contribution in [0.5, 0.6) is 0 Å². The summed E-state index contributed by atoms with van der Waals surface area (Å²) in [5.41, 5.74) is 0.336. The van der Waals surface area contributed by atoms with Gasteiger partial charge in [-0.2, -0.15) is 0 Å². The lowest BCUT2D eigenvalue weighted by Gasteiger charge is -2.35. The second-order valence-electron chi connectivity index (χ2n) is 5.70. The maximum absolute atomic E-state index is 5.94. The molecule has 2 aliphatic rings. The number of thiophene rings is 1. The molecule has 1 spiro atoms. The van der Waals surface area contributed by atoms with Crippen molar-refractivity contribution in [3.8, 4) is 0 Å². The molecule has 2 fully saturated rings. The minimum absolute atomic E-state index is 0.336. The molecule has 0 radical (unpaired) electrons. The van der Waals surface area contributed by atoms with E-state index in [1.165, 1.54) is 36.3 Å². The van der Waals surface area contributed by atoms with Crippen molar-refractivity contribution in [2.24, 2.45) is 10.9 Å². The van der Waals surface area contributed by atoms with Crippen LogP contribution in [0.2, 0.25) is 4.34 Å². The zero-order chi connectivity index (χ0) is 13.3. The Hall–Kier alpha value is -0.190. The zero-order valence-corrected chi connectivity index (χ0v) is 13.5. The molecule has 19 heavy (non-hydrogen) atoms. The first-order chi connectivity index (χ1) is 9.15. The van der Waals surface area contributed by atoms with Gasteiger partial charge in [-0.15, -0.1) is 11.3 Å². The Bertz CT molecular complexity index is 476. The monoisotopic (exact) mass is 314 g/mol. The van der Waals surface area contributed by atoms with Gasteiger partial charge < -0.3 is 5.32 Å². The second-order valence-corrected chi connectivity index (χ2v) is 8.47. The van der Waals surface area contributed by atoms with E-state index in [9.17, 15) is 0 Å². The quantitative estimate of drug-likeness (QED) is 0.866. The van der Waals surface area contributed by atoms with E-state index in [2.05, 4.69) is 18.3 Å². The summed E-state index contributed by atoms with van der Waals surface area (Å²) in [5, 5.41) is 4.81. The lowest BCUT2D eigenvalue weighted by atomic mass is 9.78. The molecule has 0 unspecified atom stereocenters. The van der Waals surface area contributed by atoms with Gasteiger partial charge in [0.25, 0.3) is 0 Å². The first-order valence-corrected chi connectivity index (χ1v) is 9.03. The average Bonchev–Trinajstić information content (AvgIpc) is 2.99. The molecule has 0 atom stereocenters. The van der Waals surface area contributed by atoms with Crippen molar-refractivity contribution in [2.75, 3.05) is 5.75 Å². The largest absolute Gasteiger partial charge is 0.359 e. The molecule has 2 nitrogen and oxygen atoms in total. The average molecular weight is 315 g/mol. The number of rotatable bonds is 2. The highest BCUT2D eigenvalue weighted by molar-refractivity contribution is 8.14. The Morgan fingerprint density at radius 3 is 2.89 bits per heavy atom. The van der Waals surface area contributed by atoms with Gasteiger partial charge in [0.15, 0.2) is 5.17 Å². The van der Waals surface area contributed by atoms with E-state index in [1.807, 2.05) is 17.8 Å². The predicted molar refractivity (Wildman–Crippen MR) is 86.4 cm³/mol. The number of hydrogen-bond acceptors (Lipinski definition) is 3. The van der Waals surface area contributed by atoms with Crippen LogP contribution in [0.3, 0.4) is 0 Å². The summed E-state index contributed by atoms with van der Waals surface area (Å²) in [6, 6.07) is 4.01. The molecular weight excluding hydrogens is 296 g/mol. The third kappa shape index (κ3) is 3.29. The van der Waals surface area contributed by atoms with Gasteiger partial charge in [-0.05, 0) is 43.7 Å². The highest BCUT2D eigenvalue weighted by Crippen LogP contribution is 2.38. The lowest BCUT2D eigenvalue weighted by Crippen LogP contribution is -2.46. The second kappa shape index (κ2) is 5.66. The van der Waals surface area contributed by atoms with E-state index in [1.54, 1.807) is 11.3 Å². The smallest absolute Gasteiger partial charge is 0.157 e. The van der Waals surface area contributed by atoms with Gasteiger partial charge >= 0.3 is 0 Å². The molecule has 2 heterocycles. The van der Waals surface area contributed by atoms with Crippen LogP contribution in [0.25, 0.3) is 0 Å². The van der Waals surface area contributed by atoms with Gasteiger partial charge in [0, 0.05) is 16.2 Å². The Morgan fingerprint density at radius 2 is 2.21 bits per heavy atom. The van der Waals surface area contributed by atoms with E-state index in [0.29, 0.717) is 5.54 Å². The molecule has 3 rings (SSSR count). The van der Waals surface area contributed by atoms with E-state index >= 15 is 0 Å². The van der Waals surface area contributed by atoms with Crippen LogP contribution in [0.15, 0.2) is 17.1 Å². The summed E-state index contributed by atoms with van der Waals surface area (Å²) in [6.07, 6.45) is 5.29. The van der Waals surface area contributed by atoms with E-state index in [-0.39, 0.29) is 0 Å². The Kier molecular flexibility index (Phi) is 4.11. The fourth-order valence-corrected chi connectivity index (χ4v) is 4.99. The van der Waals surface area contributed by atoms with Crippen LogP contribution in [-0.2, 0) is 6.54 Å². The molecule has 0 aromatic carbocycles. The standard InChI is InChI=1S/C14H19ClN2S2/c1-10-4-6-14(7-5-10)9-18-13(17-14)16-8-11-2-3-12(15)19-11/h2-3,10H,4-9H2,1H3,(H,16,17). The predicted octanol–water partition coefficient (Wildman–Crippen LogP) is 4.54. The fraction of sp³-hybridized carbons (Fsp3) is 0.643. The van der Waals surface area contributed by atoms with Crippen LogP contribution in [0.4, 0.5) is 0 Å². The minimum Gasteiger partial charge on any atom is -0.359 e. The highest BCUT2D eigenvalue weighted by atomic mass is 35.5. The number of thioether (sulfide) groups is 1. The SMILES string of the molecule is CC1CCC2(CC1)CSC(=NCc1ccc(Cl)s1)N2. The molecule has 5 heteroatoms. The molecule has 1 saturated heterocycles. The van der Waals surface area contributed by atoms with Crippen molar-refractivity contribution in [1.82, 2.24) is 5.32 Å². The van der Waals surface area contributed by atoms with E-state index in [4.69, 9.17) is 16.6 Å². The molecule has 1 saturated carbocycles. The molecule has 1 aromatic heterocycles. The number of nitrogens with zero attached hydrogens (tertiary/aromatic N) is 1. The Morgan fingerprint density at radius 1 is 1.42 bits per heavy atom. The van der Waals surface area contributed by atoms with Crippen molar-refractivity contribution in [1.29, 1.82) is 0 Å². The lowest BCUT2D eigenvalue weighted by molar-refractivity contribution is 0.251. The van der Waals surface area contributed by atoms with Gasteiger partial charge in [0.2, 0.25) is 0 Å². The van der Waals surface area contributed by atoms with E-state index in [0.717, 1.165) is 22.0 Å². The van der Waals surface area contributed by atoms with Crippen molar-refractivity contribution in [2.45, 2.75) is 44.7 Å². The number of hydrogen-bond donors (Lipinski definition) is 1. The zero-order valence-electron chi connectivity index (χ0n) is 11.1. The van der Waals surface area contributed by atoms with Crippen molar-refractivity contribution >= 4 is 39.9 Å². The van der Waals surface area contributed by atoms with Crippen LogP contribution in [0.1, 0.15) is 37.5 Å². The van der Waals surface area contributed by atoms with Gasteiger partial charge in [0.1, 0.15) is 0 Å². The molecule has 0 amide bonds. The first kappa shape index (κ1) is 13.8. The maximum atomic E-state index is 5.94. The van der Waals surface area contributed by atoms with E-state index < -0.39 is 0 Å².